The molecule has 1 aromatic heterocycles. The Morgan fingerprint density at radius 3 is 3.00 bits per heavy atom. The Balaban J connectivity index is 2.79. The van der Waals surface area contributed by atoms with Gasteiger partial charge in [-0.15, -0.1) is 0 Å². The van der Waals surface area contributed by atoms with Crippen molar-refractivity contribution < 1.29 is 4.39 Å². The number of pyridine rings is 1. The van der Waals surface area contributed by atoms with Gasteiger partial charge < -0.3 is 5.32 Å². The minimum Gasteiger partial charge on any atom is -0.309 e. The Kier molecular flexibility index (Phi) is 3.17. The third-order valence-electron chi connectivity index (χ3n) is 1.71. The molecule has 0 aliphatic rings. The second-order valence-corrected chi connectivity index (χ2v) is 2.65. The summed E-state index contributed by atoms with van der Waals surface area (Å²) in [4.78, 5) is 3.96. The van der Waals surface area contributed by atoms with Crippen molar-refractivity contribution in [2.75, 3.05) is 6.54 Å². The van der Waals surface area contributed by atoms with Crippen LogP contribution in [0.25, 0.3) is 0 Å². The normalized spacial score (nSPS) is 12.9. The van der Waals surface area contributed by atoms with Gasteiger partial charge in [0.2, 0.25) is 0 Å². The van der Waals surface area contributed by atoms with E-state index in [1.54, 1.807) is 12.3 Å². The van der Waals surface area contributed by atoms with E-state index in [0.29, 0.717) is 5.69 Å². The van der Waals surface area contributed by atoms with Gasteiger partial charge in [-0.3, -0.25) is 4.98 Å². The van der Waals surface area contributed by atoms with Crippen LogP contribution in [0.2, 0.25) is 0 Å². The maximum atomic E-state index is 13.1. The van der Waals surface area contributed by atoms with Crippen LogP contribution in [0.4, 0.5) is 4.39 Å². The Labute approximate surface area is 71.8 Å². The van der Waals surface area contributed by atoms with Crippen LogP contribution in [0.3, 0.4) is 0 Å². The minimum atomic E-state index is -0.244. The fraction of sp³-hybridized carbons (Fsp3) is 0.444. The van der Waals surface area contributed by atoms with Crippen molar-refractivity contribution in [3.05, 3.63) is 29.8 Å². The number of hydrogen-bond acceptors (Lipinski definition) is 2. The molecule has 1 heterocycles. The zero-order valence-corrected chi connectivity index (χ0v) is 7.34. The molecular weight excluding hydrogens is 155 g/mol. The van der Waals surface area contributed by atoms with Crippen molar-refractivity contribution >= 4 is 0 Å². The van der Waals surface area contributed by atoms with Crippen molar-refractivity contribution in [3.8, 4) is 0 Å². The van der Waals surface area contributed by atoms with Crippen LogP contribution >= 0.6 is 0 Å². The van der Waals surface area contributed by atoms with Gasteiger partial charge in [0.25, 0.3) is 0 Å². The average Bonchev–Trinajstić information content (AvgIpc) is 2.05. The lowest BCUT2D eigenvalue weighted by Crippen LogP contribution is -2.19. The predicted molar refractivity (Wildman–Crippen MR) is 46.3 cm³/mol. The number of hydrogen-bond donors (Lipinski definition) is 1. The lowest BCUT2D eigenvalue weighted by molar-refractivity contribution is 0.524. The van der Waals surface area contributed by atoms with Crippen LogP contribution < -0.4 is 5.32 Å². The smallest absolute Gasteiger partial charge is 0.146 e. The SMILES string of the molecule is CCNC(C)c1ncccc1F. The third-order valence-corrected chi connectivity index (χ3v) is 1.71. The van der Waals surface area contributed by atoms with E-state index in [1.807, 2.05) is 13.8 Å². The summed E-state index contributed by atoms with van der Waals surface area (Å²) in [5, 5.41) is 3.10. The van der Waals surface area contributed by atoms with Gasteiger partial charge in [0.1, 0.15) is 5.82 Å². The molecule has 1 aromatic rings. The Bertz CT molecular complexity index is 250. The summed E-state index contributed by atoms with van der Waals surface area (Å²) < 4.78 is 13.1. The maximum absolute atomic E-state index is 13.1. The lowest BCUT2D eigenvalue weighted by atomic mass is 10.2. The first-order valence-electron chi connectivity index (χ1n) is 4.09. The summed E-state index contributed by atoms with van der Waals surface area (Å²) in [6, 6.07) is 3.00. The van der Waals surface area contributed by atoms with Crippen LogP contribution in [0.5, 0.6) is 0 Å². The lowest BCUT2D eigenvalue weighted by Gasteiger charge is -2.11. The van der Waals surface area contributed by atoms with Gasteiger partial charge in [-0.05, 0) is 25.6 Å². The Morgan fingerprint density at radius 2 is 2.42 bits per heavy atom. The molecule has 1 atom stereocenters. The monoisotopic (exact) mass is 168 g/mol. The molecule has 1 rings (SSSR count). The van der Waals surface area contributed by atoms with Crippen LogP contribution in [-0.4, -0.2) is 11.5 Å². The van der Waals surface area contributed by atoms with Crippen LogP contribution in [0.15, 0.2) is 18.3 Å². The molecule has 12 heavy (non-hydrogen) atoms. The number of nitrogens with zero attached hydrogens (tertiary/aromatic N) is 1. The minimum absolute atomic E-state index is 0.0174. The fourth-order valence-electron chi connectivity index (χ4n) is 1.12. The molecule has 0 bridgehead atoms. The average molecular weight is 168 g/mol. The molecule has 2 nitrogen and oxygen atoms in total. The molecule has 3 heteroatoms. The first-order valence-corrected chi connectivity index (χ1v) is 4.09. The fourth-order valence-corrected chi connectivity index (χ4v) is 1.12. The Hall–Kier alpha value is -0.960. The Morgan fingerprint density at radius 1 is 1.67 bits per heavy atom. The van der Waals surface area contributed by atoms with Crippen molar-refractivity contribution in [2.45, 2.75) is 19.9 Å². The number of aromatic nitrogens is 1. The van der Waals surface area contributed by atoms with E-state index in [2.05, 4.69) is 10.3 Å². The predicted octanol–water partition coefficient (Wildman–Crippen LogP) is 1.89. The molecule has 0 aromatic carbocycles. The highest BCUT2D eigenvalue weighted by molar-refractivity contribution is 5.10. The molecule has 0 aliphatic carbocycles. The highest BCUT2D eigenvalue weighted by atomic mass is 19.1. The summed E-state index contributed by atoms with van der Waals surface area (Å²) in [5.74, 6) is -0.244. The molecule has 1 unspecified atom stereocenters. The van der Waals surface area contributed by atoms with E-state index in [4.69, 9.17) is 0 Å². The molecule has 0 spiro atoms. The standard InChI is InChI=1S/C9H13FN2/c1-3-11-7(2)9-8(10)5-4-6-12-9/h4-7,11H,3H2,1-2H3. The second-order valence-electron chi connectivity index (χ2n) is 2.65. The first-order chi connectivity index (χ1) is 5.75. The van der Waals surface area contributed by atoms with Crippen LogP contribution in [0, 0.1) is 5.82 Å². The number of rotatable bonds is 3. The molecule has 0 radical (unpaired) electrons. The molecule has 1 N–H and O–H groups in total. The van der Waals surface area contributed by atoms with Crippen LogP contribution in [-0.2, 0) is 0 Å². The van der Waals surface area contributed by atoms with E-state index >= 15 is 0 Å². The number of nitrogens with one attached hydrogen (secondary N) is 1. The topological polar surface area (TPSA) is 24.9 Å². The molecule has 0 amide bonds. The summed E-state index contributed by atoms with van der Waals surface area (Å²) in [5.41, 5.74) is 0.486. The van der Waals surface area contributed by atoms with Gasteiger partial charge in [0, 0.05) is 12.2 Å². The highest BCUT2D eigenvalue weighted by Gasteiger charge is 2.09. The van der Waals surface area contributed by atoms with Crippen molar-refractivity contribution in [3.63, 3.8) is 0 Å². The largest absolute Gasteiger partial charge is 0.309 e. The van der Waals surface area contributed by atoms with Gasteiger partial charge in [0.15, 0.2) is 0 Å². The maximum Gasteiger partial charge on any atom is 0.146 e. The molecule has 0 saturated heterocycles. The van der Waals surface area contributed by atoms with E-state index in [9.17, 15) is 4.39 Å². The third kappa shape index (κ3) is 2.01. The zero-order valence-electron chi connectivity index (χ0n) is 7.34. The van der Waals surface area contributed by atoms with Gasteiger partial charge in [0.05, 0.1) is 5.69 Å². The highest BCUT2D eigenvalue weighted by Crippen LogP contribution is 2.12. The first kappa shape index (κ1) is 9.13. The van der Waals surface area contributed by atoms with E-state index in [-0.39, 0.29) is 11.9 Å². The molecule has 0 saturated carbocycles. The summed E-state index contributed by atoms with van der Waals surface area (Å²) in [6.07, 6.45) is 1.60. The summed E-state index contributed by atoms with van der Waals surface area (Å²) in [7, 11) is 0. The second kappa shape index (κ2) is 4.16. The van der Waals surface area contributed by atoms with Crippen molar-refractivity contribution in [1.82, 2.24) is 10.3 Å². The number of halogens is 1. The quantitative estimate of drug-likeness (QED) is 0.745. The van der Waals surface area contributed by atoms with Gasteiger partial charge >= 0.3 is 0 Å². The van der Waals surface area contributed by atoms with Gasteiger partial charge in [-0.2, -0.15) is 0 Å². The summed E-state index contributed by atoms with van der Waals surface area (Å²) >= 11 is 0. The zero-order chi connectivity index (χ0) is 8.97. The van der Waals surface area contributed by atoms with E-state index < -0.39 is 0 Å². The van der Waals surface area contributed by atoms with Crippen molar-refractivity contribution in [2.24, 2.45) is 0 Å². The van der Waals surface area contributed by atoms with Crippen LogP contribution in [0.1, 0.15) is 25.6 Å². The molecular formula is C9H13FN2. The molecule has 66 valence electrons. The van der Waals surface area contributed by atoms with Gasteiger partial charge in [-0.1, -0.05) is 6.92 Å². The van der Waals surface area contributed by atoms with E-state index in [1.165, 1.54) is 6.07 Å². The van der Waals surface area contributed by atoms with Crippen molar-refractivity contribution in [1.29, 1.82) is 0 Å². The van der Waals surface area contributed by atoms with E-state index in [0.717, 1.165) is 6.54 Å². The van der Waals surface area contributed by atoms with Gasteiger partial charge in [-0.25, -0.2) is 4.39 Å². The molecule has 0 aliphatic heterocycles. The summed E-state index contributed by atoms with van der Waals surface area (Å²) in [6.45, 7) is 4.70. The molecule has 0 fully saturated rings.